The highest BCUT2D eigenvalue weighted by Crippen LogP contribution is 2.35. The Kier molecular flexibility index (Phi) is 3.29. The van der Waals surface area contributed by atoms with Gasteiger partial charge in [0, 0.05) is 11.6 Å². The van der Waals surface area contributed by atoms with Gasteiger partial charge in [-0.25, -0.2) is 0 Å². The quantitative estimate of drug-likeness (QED) is 0.860. The highest BCUT2D eigenvalue weighted by molar-refractivity contribution is 5.39. The Labute approximate surface area is 110 Å². The molecule has 0 amide bonds. The molecule has 1 fully saturated rings. The minimum atomic E-state index is 0.395. The lowest BCUT2D eigenvalue weighted by Crippen LogP contribution is -2.38. The topological polar surface area (TPSA) is 21.3 Å². The molecule has 3 rings (SSSR count). The number of hydrogen-bond donors (Lipinski definition) is 1. The second-order valence-electron chi connectivity index (χ2n) is 6.03. The van der Waals surface area contributed by atoms with Gasteiger partial charge in [0.2, 0.25) is 0 Å². The first-order chi connectivity index (χ1) is 8.74. The molecule has 18 heavy (non-hydrogen) atoms. The number of rotatable bonds is 2. The molecular formula is C16H23NO. The van der Waals surface area contributed by atoms with Crippen LogP contribution in [0.3, 0.4) is 0 Å². The van der Waals surface area contributed by atoms with Crippen molar-refractivity contribution < 1.29 is 4.74 Å². The zero-order chi connectivity index (χ0) is 12.5. The fourth-order valence-electron chi connectivity index (χ4n) is 3.28. The molecule has 1 aliphatic carbocycles. The van der Waals surface area contributed by atoms with E-state index in [0.29, 0.717) is 12.1 Å². The molecule has 1 N–H and O–H groups in total. The van der Waals surface area contributed by atoms with E-state index < -0.39 is 0 Å². The molecule has 4 atom stereocenters. The van der Waals surface area contributed by atoms with Crippen molar-refractivity contribution in [3.63, 3.8) is 0 Å². The van der Waals surface area contributed by atoms with E-state index in [1.807, 2.05) is 6.07 Å². The van der Waals surface area contributed by atoms with Crippen LogP contribution in [0.4, 0.5) is 0 Å². The van der Waals surface area contributed by atoms with Crippen molar-refractivity contribution in [1.82, 2.24) is 5.32 Å². The molecule has 0 radical (unpaired) electrons. The van der Waals surface area contributed by atoms with Crippen molar-refractivity contribution in [2.45, 2.75) is 45.2 Å². The largest absolute Gasteiger partial charge is 0.491 e. The first-order valence-electron chi connectivity index (χ1n) is 7.22. The molecule has 1 aliphatic heterocycles. The fourth-order valence-corrected chi connectivity index (χ4v) is 3.28. The molecule has 1 aromatic carbocycles. The maximum Gasteiger partial charge on any atom is 0.124 e. The van der Waals surface area contributed by atoms with Crippen molar-refractivity contribution in [3.05, 3.63) is 29.8 Å². The first-order valence-corrected chi connectivity index (χ1v) is 7.22. The summed E-state index contributed by atoms with van der Waals surface area (Å²) in [6.07, 6.45) is 3.97. The van der Waals surface area contributed by atoms with Gasteiger partial charge in [0.1, 0.15) is 12.4 Å². The van der Waals surface area contributed by atoms with Crippen LogP contribution in [-0.4, -0.2) is 12.6 Å². The molecule has 98 valence electrons. The van der Waals surface area contributed by atoms with Crippen LogP contribution in [0.1, 0.15) is 44.7 Å². The van der Waals surface area contributed by atoms with E-state index in [-0.39, 0.29) is 0 Å². The Balaban J connectivity index is 1.65. The molecule has 0 saturated heterocycles. The molecule has 1 saturated carbocycles. The summed E-state index contributed by atoms with van der Waals surface area (Å²) in [4.78, 5) is 0. The molecule has 2 heteroatoms. The Morgan fingerprint density at radius 2 is 1.94 bits per heavy atom. The third kappa shape index (κ3) is 2.26. The summed E-state index contributed by atoms with van der Waals surface area (Å²) in [5.74, 6) is 2.79. The van der Waals surface area contributed by atoms with Gasteiger partial charge >= 0.3 is 0 Å². The van der Waals surface area contributed by atoms with E-state index in [0.717, 1.165) is 24.2 Å². The van der Waals surface area contributed by atoms with Crippen molar-refractivity contribution in [2.24, 2.45) is 11.8 Å². The van der Waals surface area contributed by atoms with Gasteiger partial charge in [0.15, 0.2) is 0 Å². The third-order valence-corrected chi connectivity index (χ3v) is 4.73. The van der Waals surface area contributed by atoms with Crippen LogP contribution < -0.4 is 10.1 Å². The minimum Gasteiger partial charge on any atom is -0.491 e. The molecular weight excluding hydrogens is 222 g/mol. The third-order valence-electron chi connectivity index (χ3n) is 4.73. The summed E-state index contributed by atoms with van der Waals surface area (Å²) in [6, 6.07) is 9.47. The Hall–Kier alpha value is -1.02. The second kappa shape index (κ2) is 4.93. The molecule has 0 bridgehead atoms. The van der Waals surface area contributed by atoms with Crippen LogP contribution in [-0.2, 0) is 0 Å². The van der Waals surface area contributed by atoms with Gasteiger partial charge in [0.25, 0.3) is 0 Å². The van der Waals surface area contributed by atoms with Crippen LogP contribution in [0.15, 0.2) is 24.3 Å². The minimum absolute atomic E-state index is 0.395. The lowest BCUT2D eigenvalue weighted by Gasteiger charge is -2.34. The number of fused-ring (bicyclic) bond motifs is 1. The van der Waals surface area contributed by atoms with Crippen LogP contribution in [0.25, 0.3) is 0 Å². The van der Waals surface area contributed by atoms with Gasteiger partial charge in [-0.3, -0.25) is 0 Å². The Morgan fingerprint density at radius 1 is 1.11 bits per heavy atom. The van der Waals surface area contributed by atoms with Crippen LogP contribution in [0.5, 0.6) is 5.75 Å². The lowest BCUT2D eigenvalue weighted by molar-refractivity contribution is 0.204. The summed E-state index contributed by atoms with van der Waals surface area (Å²) >= 11 is 0. The summed E-state index contributed by atoms with van der Waals surface area (Å²) in [6.45, 7) is 5.56. The zero-order valence-electron chi connectivity index (χ0n) is 11.4. The summed E-state index contributed by atoms with van der Waals surface area (Å²) < 4.78 is 5.74. The molecule has 4 unspecified atom stereocenters. The highest BCUT2D eigenvalue weighted by atomic mass is 16.5. The molecule has 2 aliphatic rings. The van der Waals surface area contributed by atoms with Crippen molar-refractivity contribution in [3.8, 4) is 5.75 Å². The Morgan fingerprint density at radius 3 is 2.78 bits per heavy atom. The Bertz CT molecular complexity index is 417. The molecule has 0 aromatic heterocycles. The van der Waals surface area contributed by atoms with E-state index >= 15 is 0 Å². The molecule has 1 aromatic rings. The number of nitrogens with one attached hydrogen (secondary N) is 1. The second-order valence-corrected chi connectivity index (χ2v) is 6.03. The maximum absolute atomic E-state index is 5.74. The summed E-state index contributed by atoms with van der Waals surface area (Å²) in [5.41, 5.74) is 1.34. The van der Waals surface area contributed by atoms with Gasteiger partial charge in [-0.1, -0.05) is 32.0 Å². The lowest BCUT2D eigenvalue weighted by atomic mass is 9.79. The summed E-state index contributed by atoms with van der Waals surface area (Å²) in [7, 11) is 0. The van der Waals surface area contributed by atoms with Crippen LogP contribution >= 0.6 is 0 Å². The number of para-hydroxylation sites is 1. The van der Waals surface area contributed by atoms with Crippen molar-refractivity contribution in [1.29, 1.82) is 0 Å². The van der Waals surface area contributed by atoms with E-state index in [1.54, 1.807) is 0 Å². The van der Waals surface area contributed by atoms with Crippen molar-refractivity contribution in [2.75, 3.05) is 6.61 Å². The van der Waals surface area contributed by atoms with Gasteiger partial charge < -0.3 is 10.1 Å². The molecule has 2 nitrogen and oxygen atoms in total. The number of ether oxygens (including phenoxy) is 1. The van der Waals surface area contributed by atoms with E-state index in [1.165, 1.54) is 24.8 Å². The fraction of sp³-hybridized carbons (Fsp3) is 0.625. The average molecular weight is 245 g/mol. The number of benzene rings is 1. The average Bonchev–Trinajstić information content (AvgIpc) is 2.78. The van der Waals surface area contributed by atoms with E-state index in [2.05, 4.69) is 37.4 Å². The highest BCUT2D eigenvalue weighted by Gasteiger charge is 2.29. The maximum atomic E-state index is 5.74. The van der Waals surface area contributed by atoms with Crippen LogP contribution in [0.2, 0.25) is 0 Å². The van der Waals surface area contributed by atoms with Gasteiger partial charge in [-0.2, -0.15) is 0 Å². The SMILES string of the molecule is CC1CCC(NC2COc3ccccc32)CC1C. The zero-order valence-corrected chi connectivity index (χ0v) is 11.4. The van der Waals surface area contributed by atoms with Gasteiger partial charge in [-0.15, -0.1) is 0 Å². The summed E-state index contributed by atoms with van der Waals surface area (Å²) in [5, 5.41) is 3.80. The van der Waals surface area contributed by atoms with E-state index in [9.17, 15) is 0 Å². The predicted molar refractivity (Wildman–Crippen MR) is 73.8 cm³/mol. The normalized spacial score (nSPS) is 35.0. The van der Waals surface area contributed by atoms with Crippen molar-refractivity contribution >= 4 is 0 Å². The number of hydrogen-bond acceptors (Lipinski definition) is 2. The van der Waals surface area contributed by atoms with Gasteiger partial charge in [-0.05, 0) is 37.2 Å². The monoisotopic (exact) mass is 245 g/mol. The van der Waals surface area contributed by atoms with E-state index in [4.69, 9.17) is 4.74 Å². The van der Waals surface area contributed by atoms with Crippen LogP contribution in [0, 0.1) is 11.8 Å². The molecule has 1 heterocycles. The standard InChI is InChI=1S/C16H23NO/c1-11-7-8-13(9-12(11)2)17-15-10-18-16-6-4-3-5-14(15)16/h3-6,11-13,15,17H,7-10H2,1-2H3. The predicted octanol–water partition coefficient (Wildman–Crippen LogP) is 3.53. The smallest absolute Gasteiger partial charge is 0.124 e. The van der Waals surface area contributed by atoms with Gasteiger partial charge in [0.05, 0.1) is 6.04 Å². The molecule has 0 spiro atoms. The first kappa shape index (κ1) is 12.0.